The van der Waals surface area contributed by atoms with Crippen LogP contribution < -0.4 is 0 Å². The standard InChI is InChI=1S/C80H128O24/c1-65(17-13-19-67(3)21-23-73-69(5)61-71(63-79(73,7)8)103-77(85)27-25-75(83)101-59-57-99-55-53-97-51-49-95-47-45-93-43-41-91-39-37-89-35-33-87-31-29-81)15-11-12-16-66(2)18-14-20-68(4)22-24-74-70(6)62-72(64-80(74,9)10)104-78(86)28-26-76(84)102-60-58-100-56-54-98-52-50-96-48-46-94-44-42-92-40-38-90-36-34-88-32-30-82/h11-24,61,71-73,81-82H,25-60,62-64H2,1-10H3/b12-11+,17-13+,18-14+,23-21+,24-22+,65-15+,66-16+,67-19+,68-20+/t71-,72+,73-/m0/s1. The Morgan fingerprint density at radius 2 is 0.702 bits per heavy atom. The van der Waals surface area contributed by atoms with Gasteiger partial charge in [-0.15, -0.1) is 0 Å². The quantitative estimate of drug-likeness (QED) is 0.0188. The molecule has 0 aromatic rings. The first-order chi connectivity index (χ1) is 50.3. The Labute approximate surface area is 620 Å². The highest BCUT2D eigenvalue weighted by Crippen LogP contribution is 2.44. The molecule has 24 heteroatoms. The molecule has 0 aromatic heterocycles. The molecule has 3 atom stereocenters. The summed E-state index contributed by atoms with van der Waals surface area (Å²) in [4.78, 5) is 50.3. The molecule has 592 valence electrons. The van der Waals surface area contributed by atoms with Crippen molar-refractivity contribution in [2.45, 2.75) is 126 Å². The minimum Gasteiger partial charge on any atom is -0.463 e. The molecule has 0 radical (unpaired) electrons. The van der Waals surface area contributed by atoms with E-state index in [0.29, 0.717) is 191 Å². The zero-order chi connectivity index (χ0) is 76.0. The van der Waals surface area contributed by atoms with Crippen LogP contribution in [0.3, 0.4) is 0 Å². The number of hydrogen-bond acceptors (Lipinski definition) is 24. The lowest BCUT2D eigenvalue weighted by atomic mass is 9.67. The van der Waals surface area contributed by atoms with Crippen molar-refractivity contribution in [1.29, 1.82) is 0 Å². The lowest BCUT2D eigenvalue weighted by Crippen LogP contribution is -2.35. The van der Waals surface area contributed by atoms with E-state index in [1.54, 1.807) is 0 Å². The smallest absolute Gasteiger partial charge is 0.306 e. The average molecular weight is 1470 g/mol. The van der Waals surface area contributed by atoms with Crippen LogP contribution in [0.2, 0.25) is 0 Å². The van der Waals surface area contributed by atoms with Crippen LogP contribution in [0.1, 0.15) is 114 Å². The monoisotopic (exact) mass is 1470 g/mol. The number of esters is 4. The second-order valence-electron chi connectivity index (χ2n) is 26.1. The number of aliphatic hydroxyl groups is 2. The van der Waals surface area contributed by atoms with Crippen LogP contribution in [0.25, 0.3) is 0 Å². The van der Waals surface area contributed by atoms with Gasteiger partial charge >= 0.3 is 23.9 Å². The highest BCUT2D eigenvalue weighted by molar-refractivity contribution is 5.78. The highest BCUT2D eigenvalue weighted by atomic mass is 16.6. The van der Waals surface area contributed by atoms with Crippen molar-refractivity contribution in [3.8, 4) is 0 Å². The van der Waals surface area contributed by atoms with Crippen LogP contribution in [-0.2, 0) is 104 Å². The summed E-state index contributed by atoms with van der Waals surface area (Å²) in [5.74, 6) is -1.67. The Morgan fingerprint density at radius 3 is 1.05 bits per heavy atom. The molecular formula is C80H128O24. The van der Waals surface area contributed by atoms with E-state index in [-0.39, 0.29) is 94.3 Å². The van der Waals surface area contributed by atoms with Crippen molar-refractivity contribution in [3.63, 3.8) is 0 Å². The van der Waals surface area contributed by atoms with E-state index < -0.39 is 23.9 Å². The molecule has 0 aromatic carbocycles. The lowest BCUT2D eigenvalue weighted by molar-refractivity contribution is -0.155. The minimum absolute atomic E-state index is 0.00283. The maximum Gasteiger partial charge on any atom is 0.306 e. The summed E-state index contributed by atoms with van der Waals surface area (Å²) in [5.41, 5.74) is 7.54. The predicted molar refractivity (Wildman–Crippen MR) is 398 cm³/mol. The molecule has 0 saturated carbocycles. The maximum atomic E-state index is 12.8. The molecular weight excluding hydrogens is 1340 g/mol. The van der Waals surface area contributed by atoms with Gasteiger partial charge in [0.1, 0.15) is 25.4 Å². The first-order valence-corrected chi connectivity index (χ1v) is 36.7. The van der Waals surface area contributed by atoms with Gasteiger partial charge in [-0.25, -0.2) is 0 Å². The number of carbonyl (C=O) groups is 4. The average Bonchev–Trinajstić information content (AvgIpc) is 0.809. The molecule has 2 aliphatic rings. The molecule has 0 amide bonds. The molecule has 24 nitrogen and oxygen atoms in total. The first-order valence-electron chi connectivity index (χ1n) is 36.7. The number of carbonyl (C=O) groups excluding carboxylic acids is 4. The van der Waals surface area contributed by atoms with E-state index in [1.807, 2.05) is 30.4 Å². The van der Waals surface area contributed by atoms with Gasteiger partial charge in [-0.05, 0) is 76.9 Å². The molecule has 0 fully saturated rings. The van der Waals surface area contributed by atoms with Crippen molar-refractivity contribution in [3.05, 3.63) is 130 Å². The molecule has 0 saturated heterocycles. The van der Waals surface area contributed by atoms with Crippen LogP contribution in [0.5, 0.6) is 0 Å². The summed E-state index contributed by atoms with van der Waals surface area (Å²) in [6, 6.07) is 0. The van der Waals surface area contributed by atoms with Crippen LogP contribution in [0, 0.1) is 16.7 Å². The second-order valence-corrected chi connectivity index (χ2v) is 26.1. The van der Waals surface area contributed by atoms with E-state index in [4.69, 9.17) is 95.5 Å². The summed E-state index contributed by atoms with van der Waals surface area (Å²) in [5, 5.41) is 17.3. The minimum atomic E-state index is -0.487. The number of aliphatic hydroxyl groups excluding tert-OH is 2. The molecule has 0 spiro atoms. The number of allylic oxidation sites excluding steroid dienone is 20. The third-order valence-electron chi connectivity index (χ3n) is 15.9. The van der Waals surface area contributed by atoms with E-state index in [1.165, 1.54) is 5.57 Å². The molecule has 2 rings (SSSR count). The van der Waals surface area contributed by atoms with Crippen molar-refractivity contribution in [1.82, 2.24) is 0 Å². The molecule has 2 N–H and O–H groups in total. The van der Waals surface area contributed by atoms with Gasteiger partial charge in [0.05, 0.1) is 224 Å². The van der Waals surface area contributed by atoms with E-state index in [0.717, 1.165) is 33.4 Å². The zero-order valence-electron chi connectivity index (χ0n) is 64.3. The van der Waals surface area contributed by atoms with E-state index in [2.05, 4.69) is 130 Å². The van der Waals surface area contributed by atoms with E-state index in [9.17, 15) is 19.2 Å². The van der Waals surface area contributed by atoms with Crippen LogP contribution in [0.15, 0.2) is 130 Å². The highest BCUT2D eigenvalue weighted by Gasteiger charge is 2.37. The fraction of sp³-hybridized carbons (Fsp3) is 0.675. The van der Waals surface area contributed by atoms with Crippen molar-refractivity contribution < 1.29 is 115 Å². The van der Waals surface area contributed by atoms with Gasteiger partial charge in [0.15, 0.2) is 0 Å². The molecule has 104 heavy (non-hydrogen) atoms. The first kappa shape index (κ1) is 94.5. The fourth-order valence-electron chi connectivity index (χ4n) is 10.7. The van der Waals surface area contributed by atoms with Gasteiger partial charge < -0.3 is 95.5 Å². The van der Waals surface area contributed by atoms with Gasteiger partial charge in [-0.1, -0.05) is 146 Å². The third-order valence-corrected chi connectivity index (χ3v) is 15.9. The van der Waals surface area contributed by atoms with Gasteiger partial charge in [0, 0.05) is 12.3 Å². The Balaban J connectivity index is 1.58. The summed E-state index contributed by atoms with van der Waals surface area (Å²) in [6.45, 7) is 32.8. The van der Waals surface area contributed by atoms with Crippen LogP contribution in [0.4, 0.5) is 0 Å². The topological polar surface area (TPSA) is 275 Å². The molecule has 0 unspecified atom stereocenters. The summed E-state index contributed by atoms with van der Waals surface area (Å²) >= 11 is 0. The Morgan fingerprint density at radius 1 is 0.394 bits per heavy atom. The van der Waals surface area contributed by atoms with Gasteiger partial charge in [-0.2, -0.15) is 0 Å². The Hall–Kier alpha value is -5.62. The predicted octanol–water partition coefficient (Wildman–Crippen LogP) is 10.4. The van der Waals surface area contributed by atoms with Crippen LogP contribution >= 0.6 is 0 Å². The second kappa shape index (κ2) is 62.4. The Kier molecular flexibility index (Phi) is 56.7. The summed E-state index contributed by atoms with van der Waals surface area (Å²) < 4.78 is 97.8. The number of ether oxygens (including phenoxy) is 18. The number of hydrogen-bond donors (Lipinski definition) is 2. The third kappa shape index (κ3) is 52.4. The van der Waals surface area contributed by atoms with Gasteiger partial charge in [0.25, 0.3) is 0 Å². The SMILES string of the molecule is CC1=C[C@H](OC(=O)CCC(=O)OCCOCCOCCOCCOCCOCCOCCOCCO)CC(C)(C)[C@H]1/C=C/C(C)=C/C=C/C(C)=C/C=C/C=C(C)/C=C/C=C(C)/C=C/C1=C(C)C[C@@H](OC(=O)CCC(=O)OCCOCCOCCOCCOCCOCCOCCOCCO)CC1(C)C. The normalized spacial score (nSPS) is 17.6. The fourth-order valence-corrected chi connectivity index (χ4v) is 10.7. The molecule has 0 aliphatic heterocycles. The van der Waals surface area contributed by atoms with Crippen LogP contribution in [-0.4, -0.2) is 258 Å². The largest absolute Gasteiger partial charge is 0.463 e. The lowest BCUT2D eigenvalue weighted by Gasteiger charge is -2.40. The molecule has 2 aliphatic carbocycles. The maximum absolute atomic E-state index is 12.8. The van der Waals surface area contributed by atoms with Crippen molar-refractivity contribution in [2.75, 3.05) is 211 Å². The van der Waals surface area contributed by atoms with Gasteiger partial charge in [0.2, 0.25) is 0 Å². The summed E-state index contributed by atoms with van der Waals surface area (Å²) in [7, 11) is 0. The summed E-state index contributed by atoms with van der Waals surface area (Å²) in [6.07, 6.45) is 32.3. The van der Waals surface area contributed by atoms with Crippen molar-refractivity contribution in [2.24, 2.45) is 16.7 Å². The molecule has 0 heterocycles. The van der Waals surface area contributed by atoms with Crippen molar-refractivity contribution >= 4 is 23.9 Å². The number of rotatable bonds is 64. The Bertz CT molecular complexity index is 2660. The van der Waals surface area contributed by atoms with E-state index >= 15 is 0 Å². The van der Waals surface area contributed by atoms with Gasteiger partial charge in [-0.3, -0.25) is 19.2 Å². The molecule has 0 bridgehead atoms. The zero-order valence-corrected chi connectivity index (χ0v) is 64.3.